The van der Waals surface area contributed by atoms with Gasteiger partial charge in [0, 0.05) is 30.3 Å². The Labute approximate surface area is 129 Å². The molecule has 4 nitrogen and oxygen atoms in total. The van der Waals surface area contributed by atoms with Gasteiger partial charge in [-0.25, -0.2) is 8.42 Å². The lowest BCUT2D eigenvalue weighted by atomic mass is 10.1. The van der Waals surface area contributed by atoms with Crippen LogP contribution in [0.15, 0.2) is 18.2 Å². The molecular weight excluding hydrogens is 316 g/mol. The van der Waals surface area contributed by atoms with Crippen molar-refractivity contribution in [1.82, 2.24) is 0 Å². The van der Waals surface area contributed by atoms with Crippen LogP contribution < -0.4 is 10.6 Å². The number of hydrogen-bond acceptors (Lipinski definition) is 5. The molecule has 7 heteroatoms. The Bertz CT molecular complexity index is 590. The molecule has 1 aliphatic rings. The lowest BCUT2D eigenvalue weighted by molar-refractivity contribution is 0.584. The zero-order valence-electron chi connectivity index (χ0n) is 11.5. The number of hydrogen-bond donors (Lipinski definition) is 1. The Balaban J connectivity index is 2.38. The molecule has 0 amide bonds. The van der Waals surface area contributed by atoms with E-state index in [1.165, 1.54) is 6.26 Å². The van der Waals surface area contributed by atoms with Crippen LogP contribution in [-0.4, -0.2) is 38.1 Å². The van der Waals surface area contributed by atoms with Crippen molar-refractivity contribution in [3.05, 3.63) is 28.8 Å². The summed E-state index contributed by atoms with van der Waals surface area (Å²) in [6.07, 6.45) is 1.28. The molecule has 1 unspecified atom stereocenters. The molecule has 20 heavy (non-hydrogen) atoms. The van der Waals surface area contributed by atoms with Gasteiger partial charge < -0.3 is 10.6 Å². The van der Waals surface area contributed by atoms with Crippen molar-refractivity contribution in [3.63, 3.8) is 0 Å². The van der Waals surface area contributed by atoms with Crippen LogP contribution in [0.1, 0.15) is 18.5 Å². The fourth-order valence-electron chi connectivity index (χ4n) is 2.25. The van der Waals surface area contributed by atoms with Crippen LogP contribution in [0.3, 0.4) is 0 Å². The number of benzene rings is 1. The molecule has 2 atom stereocenters. The molecule has 1 aromatic carbocycles. The topological polar surface area (TPSA) is 63.4 Å². The van der Waals surface area contributed by atoms with Gasteiger partial charge >= 0.3 is 0 Å². The zero-order valence-corrected chi connectivity index (χ0v) is 13.9. The van der Waals surface area contributed by atoms with Crippen molar-refractivity contribution in [2.24, 2.45) is 5.73 Å². The molecule has 0 aliphatic carbocycles. The molecule has 0 radical (unpaired) electrons. The van der Waals surface area contributed by atoms with Gasteiger partial charge in [-0.15, -0.1) is 0 Å². The molecule has 0 spiro atoms. The number of rotatable bonds is 3. The minimum Gasteiger partial charge on any atom is -0.352 e. The van der Waals surface area contributed by atoms with E-state index in [2.05, 4.69) is 0 Å². The lowest BCUT2D eigenvalue weighted by Gasteiger charge is -2.36. The predicted molar refractivity (Wildman–Crippen MR) is 87.4 cm³/mol. The average Bonchev–Trinajstić information content (AvgIpc) is 2.37. The van der Waals surface area contributed by atoms with E-state index in [1.807, 2.05) is 30.0 Å². The SMILES string of the molecule is C[C@H](N)c1ccc(N2CCSCC2S(C)(=O)=O)c(Cl)c1. The smallest absolute Gasteiger partial charge is 0.169 e. The van der Waals surface area contributed by atoms with Gasteiger partial charge in [-0.05, 0) is 24.6 Å². The fourth-order valence-corrected chi connectivity index (χ4v) is 5.38. The maximum atomic E-state index is 11.9. The Hall–Kier alpha value is -0.430. The lowest BCUT2D eigenvalue weighted by Crippen LogP contribution is -2.47. The van der Waals surface area contributed by atoms with Crippen LogP contribution in [0.2, 0.25) is 5.02 Å². The van der Waals surface area contributed by atoms with Crippen molar-refractivity contribution in [2.45, 2.75) is 18.3 Å². The molecular formula is C13H19ClN2O2S2. The molecule has 1 aliphatic heterocycles. The highest BCUT2D eigenvalue weighted by molar-refractivity contribution is 8.01. The van der Waals surface area contributed by atoms with E-state index in [0.717, 1.165) is 17.0 Å². The summed E-state index contributed by atoms with van der Waals surface area (Å²) in [7, 11) is -3.14. The predicted octanol–water partition coefficient (Wildman–Crippen LogP) is 2.28. The minimum absolute atomic E-state index is 0.0934. The van der Waals surface area contributed by atoms with E-state index < -0.39 is 15.2 Å². The Morgan fingerprint density at radius 2 is 2.20 bits per heavy atom. The first-order valence-corrected chi connectivity index (χ1v) is 9.87. The monoisotopic (exact) mass is 334 g/mol. The van der Waals surface area contributed by atoms with Gasteiger partial charge in [0.15, 0.2) is 9.84 Å². The minimum atomic E-state index is -3.14. The van der Waals surface area contributed by atoms with Crippen LogP contribution in [0.5, 0.6) is 0 Å². The summed E-state index contributed by atoms with van der Waals surface area (Å²) in [5.74, 6) is 1.47. The van der Waals surface area contributed by atoms with Gasteiger partial charge in [-0.1, -0.05) is 17.7 Å². The highest BCUT2D eigenvalue weighted by atomic mass is 35.5. The maximum Gasteiger partial charge on any atom is 0.169 e. The Morgan fingerprint density at radius 1 is 1.50 bits per heavy atom. The van der Waals surface area contributed by atoms with Crippen molar-refractivity contribution in [3.8, 4) is 0 Å². The van der Waals surface area contributed by atoms with E-state index in [0.29, 0.717) is 17.3 Å². The number of thioether (sulfide) groups is 1. The standard InChI is InChI=1S/C13H19ClN2O2S2/c1-9(15)10-3-4-12(11(14)7-10)16-5-6-19-8-13(16)20(2,17)18/h3-4,7,9,13H,5-6,8,15H2,1-2H3/t9-,13?/m0/s1. The second-order valence-corrected chi connectivity index (χ2v) is 8.81. The van der Waals surface area contributed by atoms with Gasteiger partial charge in [0.05, 0.1) is 10.7 Å². The van der Waals surface area contributed by atoms with E-state index in [4.69, 9.17) is 17.3 Å². The molecule has 0 aromatic heterocycles. The summed E-state index contributed by atoms with van der Waals surface area (Å²) in [6.45, 7) is 2.57. The molecule has 2 N–H and O–H groups in total. The highest BCUT2D eigenvalue weighted by Crippen LogP contribution is 2.33. The van der Waals surface area contributed by atoms with Crippen molar-refractivity contribution >= 4 is 38.9 Å². The van der Waals surface area contributed by atoms with Crippen molar-refractivity contribution < 1.29 is 8.42 Å². The molecule has 1 aromatic rings. The highest BCUT2D eigenvalue weighted by Gasteiger charge is 2.32. The average molecular weight is 335 g/mol. The van der Waals surface area contributed by atoms with E-state index in [-0.39, 0.29) is 6.04 Å². The van der Waals surface area contributed by atoms with Gasteiger partial charge in [0.1, 0.15) is 5.37 Å². The number of nitrogens with zero attached hydrogens (tertiary/aromatic N) is 1. The molecule has 1 saturated heterocycles. The Kier molecular flexibility index (Phi) is 4.89. The van der Waals surface area contributed by atoms with Crippen LogP contribution in [0.4, 0.5) is 5.69 Å². The summed E-state index contributed by atoms with van der Waals surface area (Å²) >= 11 is 7.98. The van der Waals surface area contributed by atoms with Crippen LogP contribution in [-0.2, 0) is 9.84 Å². The van der Waals surface area contributed by atoms with Gasteiger partial charge in [0.25, 0.3) is 0 Å². The fraction of sp³-hybridized carbons (Fsp3) is 0.538. The van der Waals surface area contributed by atoms with Gasteiger partial charge in [-0.3, -0.25) is 0 Å². The van der Waals surface area contributed by atoms with Crippen molar-refractivity contribution in [2.75, 3.05) is 29.2 Å². The molecule has 0 bridgehead atoms. The summed E-state index contributed by atoms with van der Waals surface area (Å²) in [5, 5.41) is 0.0419. The normalized spacial score (nSPS) is 21.8. The summed E-state index contributed by atoms with van der Waals surface area (Å²) < 4.78 is 23.9. The van der Waals surface area contributed by atoms with Crippen molar-refractivity contribution in [1.29, 1.82) is 0 Å². The first kappa shape index (κ1) is 15.9. The molecule has 0 saturated carbocycles. The van der Waals surface area contributed by atoms with Gasteiger partial charge in [-0.2, -0.15) is 11.8 Å². The van der Waals surface area contributed by atoms with Crippen LogP contribution >= 0.6 is 23.4 Å². The number of anilines is 1. The molecule has 1 heterocycles. The Morgan fingerprint density at radius 3 is 2.75 bits per heavy atom. The molecule has 112 valence electrons. The van der Waals surface area contributed by atoms with E-state index >= 15 is 0 Å². The third-order valence-corrected chi connectivity index (χ3v) is 6.33. The van der Waals surface area contributed by atoms with Crippen LogP contribution in [0, 0.1) is 0 Å². The first-order chi connectivity index (χ1) is 9.30. The quantitative estimate of drug-likeness (QED) is 0.918. The van der Waals surface area contributed by atoms with Crippen LogP contribution in [0.25, 0.3) is 0 Å². The second-order valence-electron chi connectivity index (χ2n) is 5.05. The third-order valence-electron chi connectivity index (χ3n) is 3.39. The maximum absolute atomic E-state index is 11.9. The number of halogens is 1. The largest absolute Gasteiger partial charge is 0.352 e. The first-order valence-electron chi connectivity index (χ1n) is 6.39. The molecule has 2 rings (SSSR count). The number of sulfone groups is 1. The van der Waals surface area contributed by atoms with E-state index in [1.54, 1.807) is 11.8 Å². The van der Waals surface area contributed by atoms with Gasteiger partial charge in [0.2, 0.25) is 0 Å². The second kappa shape index (κ2) is 6.13. The third kappa shape index (κ3) is 3.42. The summed E-state index contributed by atoms with van der Waals surface area (Å²) in [5.41, 5.74) is 7.55. The van der Waals surface area contributed by atoms with E-state index in [9.17, 15) is 8.42 Å². The summed E-state index contributed by atoms with van der Waals surface area (Å²) in [6, 6.07) is 5.51. The number of nitrogens with two attached hydrogens (primary N) is 1. The molecule has 1 fully saturated rings. The summed E-state index contributed by atoms with van der Waals surface area (Å²) in [4.78, 5) is 1.89. The zero-order chi connectivity index (χ0) is 14.9.